The molecule has 0 aliphatic rings. The Balaban J connectivity index is 1.54. The van der Waals surface area contributed by atoms with E-state index in [0.29, 0.717) is 41.1 Å². The number of rotatable bonds is 9. The highest BCUT2D eigenvalue weighted by atomic mass is 16.5. The van der Waals surface area contributed by atoms with Crippen LogP contribution in [0.4, 0.5) is 0 Å². The zero-order chi connectivity index (χ0) is 23.2. The molecule has 0 N–H and O–H groups in total. The average Bonchev–Trinajstić information content (AvgIpc) is 2.86. The number of hydrogen-bond acceptors (Lipinski definition) is 7. The van der Waals surface area contributed by atoms with Crippen molar-refractivity contribution >= 4 is 10.9 Å². The van der Waals surface area contributed by atoms with Gasteiger partial charge in [-0.15, -0.1) is 0 Å². The summed E-state index contributed by atoms with van der Waals surface area (Å²) < 4.78 is 33.6. The molecule has 0 fully saturated rings. The van der Waals surface area contributed by atoms with Crippen LogP contribution < -0.4 is 28.4 Å². The fourth-order valence-corrected chi connectivity index (χ4v) is 3.46. The van der Waals surface area contributed by atoms with Gasteiger partial charge in [-0.2, -0.15) is 0 Å². The van der Waals surface area contributed by atoms with E-state index in [9.17, 15) is 0 Å². The van der Waals surface area contributed by atoms with Gasteiger partial charge in [0, 0.05) is 23.7 Å². The van der Waals surface area contributed by atoms with Gasteiger partial charge in [-0.1, -0.05) is 6.07 Å². The fourth-order valence-electron chi connectivity index (χ4n) is 3.46. The van der Waals surface area contributed by atoms with Crippen LogP contribution in [0.3, 0.4) is 0 Å². The Morgan fingerprint density at radius 2 is 1.42 bits per heavy atom. The molecule has 0 amide bonds. The molecule has 0 bridgehead atoms. The van der Waals surface area contributed by atoms with Crippen LogP contribution in [0.15, 0.2) is 66.9 Å². The van der Waals surface area contributed by atoms with E-state index in [4.69, 9.17) is 28.4 Å². The smallest absolute Gasteiger partial charge is 0.203 e. The minimum atomic E-state index is 0.322. The van der Waals surface area contributed by atoms with Crippen LogP contribution in [0.1, 0.15) is 5.56 Å². The fraction of sp³-hybridized carbons (Fsp3) is 0.192. The van der Waals surface area contributed by atoms with Crippen LogP contribution in [-0.4, -0.2) is 33.4 Å². The highest BCUT2D eigenvalue weighted by molar-refractivity contribution is 5.86. The zero-order valence-electron chi connectivity index (χ0n) is 19.0. The van der Waals surface area contributed by atoms with Gasteiger partial charge in [-0.25, -0.2) is 0 Å². The van der Waals surface area contributed by atoms with Crippen molar-refractivity contribution in [2.45, 2.75) is 6.61 Å². The van der Waals surface area contributed by atoms with E-state index in [1.165, 1.54) is 0 Å². The summed E-state index contributed by atoms with van der Waals surface area (Å²) in [6.45, 7) is 0.322. The molecule has 0 atom stereocenters. The molecule has 3 aromatic carbocycles. The van der Waals surface area contributed by atoms with Gasteiger partial charge < -0.3 is 28.4 Å². The molecule has 0 spiro atoms. The zero-order valence-corrected chi connectivity index (χ0v) is 19.0. The highest BCUT2D eigenvalue weighted by Gasteiger charge is 2.14. The summed E-state index contributed by atoms with van der Waals surface area (Å²) in [5, 5.41) is 0.875. The maximum atomic E-state index is 6.08. The predicted octanol–water partition coefficient (Wildman–Crippen LogP) is 5.64. The summed E-state index contributed by atoms with van der Waals surface area (Å²) >= 11 is 0. The first kappa shape index (κ1) is 22.1. The van der Waals surface area contributed by atoms with Crippen molar-refractivity contribution in [2.75, 3.05) is 28.4 Å². The van der Waals surface area contributed by atoms with E-state index in [1.807, 2.05) is 60.7 Å². The molecule has 7 heteroatoms. The number of methoxy groups -OCH3 is 4. The lowest BCUT2D eigenvalue weighted by molar-refractivity contribution is 0.299. The summed E-state index contributed by atoms with van der Waals surface area (Å²) in [7, 11) is 6.37. The van der Waals surface area contributed by atoms with Gasteiger partial charge in [0.05, 0.1) is 34.0 Å². The van der Waals surface area contributed by atoms with Crippen molar-refractivity contribution in [3.05, 3.63) is 72.4 Å². The van der Waals surface area contributed by atoms with Crippen LogP contribution in [0.2, 0.25) is 0 Å². The third kappa shape index (κ3) is 4.87. The van der Waals surface area contributed by atoms with Crippen molar-refractivity contribution in [1.82, 2.24) is 4.98 Å². The minimum Gasteiger partial charge on any atom is -0.497 e. The number of benzene rings is 3. The number of fused-ring (bicyclic) bond motifs is 1. The van der Waals surface area contributed by atoms with Crippen molar-refractivity contribution in [2.24, 2.45) is 0 Å². The number of hydrogen-bond donors (Lipinski definition) is 0. The number of nitrogens with zero attached hydrogens (tertiary/aromatic N) is 1. The number of pyridine rings is 1. The van der Waals surface area contributed by atoms with Crippen LogP contribution in [0.25, 0.3) is 10.9 Å². The predicted molar refractivity (Wildman–Crippen MR) is 125 cm³/mol. The van der Waals surface area contributed by atoms with E-state index >= 15 is 0 Å². The second-order valence-electron chi connectivity index (χ2n) is 7.09. The Morgan fingerprint density at radius 3 is 2.12 bits per heavy atom. The third-order valence-corrected chi connectivity index (χ3v) is 5.07. The maximum Gasteiger partial charge on any atom is 0.203 e. The Morgan fingerprint density at radius 1 is 0.667 bits per heavy atom. The van der Waals surface area contributed by atoms with Crippen molar-refractivity contribution in [3.63, 3.8) is 0 Å². The molecule has 7 nitrogen and oxygen atoms in total. The number of ether oxygens (including phenoxy) is 6. The average molecular weight is 447 g/mol. The van der Waals surface area contributed by atoms with E-state index in [2.05, 4.69) is 4.98 Å². The second kappa shape index (κ2) is 9.99. The summed E-state index contributed by atoms with van der Waals surface area (Å²) in [6.07, 6.45) is 1.71. The molecule has 0 saturated heterocycles. The first-order valence-electron chi connectivity index (χ1n) is 10.3. The van der Waals surface area contributed by atoms with E-state index in [1.54, 1.807) is 34.6 Å². The van der Waals surface area contributed by atoms with Gasteiger partial charge in [0.2, 0.25) is 5.75 Å². The molecule has 4 rings (SSSR count). The molecule has 0 aliphatic carbocycles. The largest absolute Gasteiger partial charge is 0.497 e. The van der Waals surface area contributed by atoms with Gasteiger partial charge in [-0.05, 0) is 48.0 Å². The van der Waals surface area contributed by atoms with E-state index in [-0.39, 0.29) is 0 Å². The Hall–Kier alpha value is -4.13. The van der Waals surface area contributed by atoms with Crippen LogP contribution in [0, 0.1) is 0 Å². The summed E-state index contributed by atoms with van der Waals surface area (Å²) in [5.74, 6) is 4.50. The number of aromatic nitrogens is 1. The molecule has 1 aromatic heterocycles. The SMILES string of the molecule is COc1cccc(Oc2ccnc3cc(OCc4cc(OC)c(OC)c(OC)c4)ccc23)c1. The standard InChI is InChI=1S/C26H25NO6/c1-28-18-6-5-7-20(14-18)33-23-10-11-27-22-15-19(8-9-21(22)23)32-16-17-12-24(29-2)26(31-4)25(13-17)30-3/h5-15H,16H2,1-4H3. The second-order valence-corrected chi connectivity index (χ2v) is 7.09. The van der Waals surface area contributed by atoms with E-state index < -0.39 is 0 Å². The molecule has 4 aromatic rings. The molecule has 1 heterocycles. The Kier molecular flexibility index (Phi) is 6.69. The van der Waals surface area contributed by atoms with Crippen LogP contribution in [-0.2, 0) is 6.61 Å². The first-order chi connectivity index (χ1) is 16.1. The maximum absolute atomic E-state index is 6.08. The van der Waals surface area contributed by atoms with Crippen molar-refractivity contribution in [3.8, 4) is 40.2 Å². The van der Waals surface area contributed by atoms with Crippen LogP contribution >= 0.6 is 0 Å². The van der Waals surface area contributed by atoms with Gasteiger partial charge in [0.1, 0.15) is 29.6 Å². The molecule has 0 saturated carbocycles. The molecular formula is C26H25NO6. The monoisotopic (exact) mass is 447 g/mol. The third-order valence-electron chi connectivity index (χ3n) is 5.07. The lowest BCUT2D eigenvalue weighted by Gasteiger charge is -2.15. The van der Waals surface area contributed by atoms with Gasteiger partial charge in [-0.3, -0.25) is 4.98 Å². The topological polar surface area (TPSA) is 68.3 Å². The quantitative estimate of drug-likeness (QED) is 0.329. The Labute approximate surface area is 192 Å². The van der Waals surface area contributed by atoms with E-state index in [0.717, 1.165) is 22.2 Å². The lowest BCUT2D eigenvalue weighted by atomic mass is 10.2. The highest BCUT2D eigenvalue weighted by Crippen LogP contribution is 2.38. The molecule has 0 radical (unpaired) electrons. The lowest BCUT2D eigenvalue weighted by Crippen LogP contribution is -2.00. The summed E-state index contributed by atoms with van der Waals surface area (Å²) in [5.41, 5.74) is 1.64. The van der Waals surface area contributed by atoms with Crippen molar-refractivity contribution < 1.29 is 28.4 Å². The summed E-state index contributed by atoms with van der Waals surface area (Å²) in [6, 6.07) is 18.7. The van der Waals surface area contributed by atoms with Gasteiger partial charge in [0.25, 0.3) is 0 Å². The molecular weight excluding hydrogens is 422 g/mol. The molecule has 0 aliphatic heterocycles. The van der Waals surface area contributed by atoms with Crippen molar-refractivity contribution in [1.29, 1.82) is 0 Å². The first-order valence-corrected chi connectivity index (χ1v) is 10.3. The summed E-state index contributed by atoms with van der Waals surface area (Å²) in [4.78, 5) is 4.47. The molecule has 0 unspecified atom stereocenters. The molecule has 33 heavy (non-hydrogen) atoms. The minimum absolute atomic E-state index is 0.322. The van der Waals surface area contributed by atoms with Gasteiger partial charge in [0.15, 0.2) is 11.5 Å². The van der Waals surface area contributed by atoms with Crippen LogP contribution in [0.5, 0.6) is 40.2 Å². The molecule has 170 valence electrons. The normalized spacial score (nSPS) is 10.5. The van der Waals surface area contributed by atoms with Gasteiger partial charge >= 0.3 is 0 Å². The Bertz CT molecular complexity index is 1230.